The van der Waals surface area contributed by atoms with E-state index in [0.29, 0.717) is 40.0 Å². The molecule has 158 valence electrons. The van der Waals surface area contributed by atoms with Crippen LogP contribution in [0.1, 0.15) is 44.2 Å². The number of carbonyl (C=O) groups is 2. The highest BCUT2D eigenvalue weighted by Gasteiger charge is 2.40. The number of hydrogen-bond acceptors (Lipinski definition) is 5. The van der Waals surface area contributed by atoms with Crippen molar-refractivity contribution in [3.8, 4) is 5.75 Å². The molecule has 1 heterocycles. The van der Waals surface area contributed by atoms with Crippen molar-refractivity contribution in [1.82, 2.24) is 0 Å². The predicted molar refractivity (Wildman–Crippen MR) is 122 cm³/mol. The fourth-order valence-corrected chi connectivity index (χ4v) is 4.09. The van der Waals surface area contributed by atoms with Crippen LogP contribution in [0.5, 0.6) is 5.75 Å². The largest absolute Gasteiger partial charge is 0.494 e. The summed E-state index contributed by atoms with van der Waals surface area (Å²) in [7, 11) is 0. The van der Waals surface area contributed by atoms with Crippen LogP contribution in [0.25, 0.3) is 5.57 Å². The summed E-state index contributed by atoms with van der Waals surface area (Å²) in [6, 6.07) is 14.7. The Morgan fingerprint density at radius 2 is 1.67 bits per heavy atom. The van der Waals surface area contributed by atoms with Crippen LogP contribution in [0.3, 0.4) is 0 Å². The number of rotatable bonds is 9. The standard InChI is InChI=1S/C24H27NO4S/c1-4-14-29-20-11-7-18(8-12-20)21-22(30-15-13-26)24(28)25(23(21)27)19-9-5-17(6-10-19)16(2)3/h5-12,16,26H,4,13-15H2,1-3H3. The number of thioether (sulfide) groups is 1. The first-order chi connectivity index (χ1) is 14.5. The van der Waals surface area contributed by atoms with Crippen LogP contribution < -0.4 is 9.64 Å². The molecule has 0 aromatic heterocycles. The van der Waals surface area contributed by atoms with Crippen molar-refractivity contribution in [3.63, 3.8) is 0 Å². The zero-order valence-electron chi connectivity index (χ0n) is 17.6. The van der Waals surface area contributed by atoms with Gasteiger partial charge in [0.2, 0.25) is 0 Å². The van der Waals surface area contributed by atoms with Gasteiger partial charge in [-0.3, -0.25) is 9.59 Å². The predicted octanol–water partition coefficient (Wildman–Crippen LogP) is 4.61. The minimum atomic E-state index is -0.350. The molecule has 0 atom stereocenters. The van der Waals surface area contributed by atoms with Gasteiger partial charge < -0.3 is 9.84 Å². The fraction of sp³-hybridized carbons (Fsp3) is 0.333. The number of benzene rings is 2. The third kappa shape index (κ3) is 4.60. The van der Waals surface area contributed by atoms with Crippen LogP contribution in [0.2, 0.25) is 0 Å². The number of imide groups is 1. The number of aliphatic hydroxyl groups excluding tert-OH is 1. The molecule has 30 heavy (non-hydrogen) atoms. The van der Waals surface area contributed by atoms with Gasteiger partial charge in [0.25, 0.3) is 11.8 Å². The van der Waals surface area contributed by atoms with Crippen molar-refractivity contribution in [2.75, 3.05) is 23.9 Å². The van der Waals surface area contributed by atoms with Gasteiger partial charge in [-0.05, 0) is 47.7 Å². The molecule has 0 saturated carbocycles. The Balaban J connectivity index is 1.95. The molecule has 2 aromatic rings. The lowest BCUT2D eigenvalue weighted by Crippen LogP contribution is -2.31. The Kier molecular flexibility index (Phi) is 7.34. The summed E-state index contributed by atoms with van der Waals surface area (Å²) in [5.74, 6) is 0.734. The second-order valence-corrected chi connectivity index (χ2v) is 8.45. The molecule has 5 nitrogen and oxygen atoms in total. The summed E-state index contributed by atoms with van der Waals surface area (Å²) < 4.78 is 5.62. The summed E-state index contributed by atoms with van der Waals surface area (Å²) in [5.41, 5.74) is 2.73. The van der Waals surface area contributed by atoms with Gasteiger partial charge in [0.15, 0.2) is 0 Å². The molecule has 0 saturated heterocycles. The first-order valence-electron chi connectivity index (χ1n) is 10.2. The highest BCUT2D eigenvalue weighted by Crippen LogP contribution is 2.39. The molecule has 3 rings (SSSR count). The number of amides is 2. The van der Waals surface area contributed by atoms with E-state index in [1.807, 2.05) is 43.3 Å². The second kappa shape index (κ2) is 9.96. The molecule has 0 bridgehead atoms. The van der Waals surface area contributed by atoms with Gasteiger partial charge in [0.05, 0.1) is 29.4 Å². The van der Waals surface area contributed by atoms with Crippen molar-refractivity contribution in [1.29, 1.82) is 0 Å². The maximum Gasteiger partial charge on any atom is 0.272 e. The Hall–Kier alpha value is -2.57. The molecule has 0 aliphatic carbocycles. The minimum Gasteiger partial charge on any atom is -0.494 e. The monoisotopic (exact) mass is 425 g/mol. The second-order valence-electron chi connectivity index (χ2n) is 7.34. The molecule has 0 spiro atoms. The normalized spacial score (nSPS) is 14.2. The van der Waals surface area contributed by atoms with Crippen molar-refractivity contribution >= 4 is 34.8 Å². The molecule has 6 heteroatoms. The summed E-state index contributed by atoms with van der Waals surface area (Å²) in [6.07, 6.45) is 0.909. The third-order valence-corrected chi connectivity index (χ3v) is 5.87. The van der Waals surface area contributed by atoms with Crippen LogP contribution in [0.15, 0.2) is 53.4 Å². The van der Waals surface area contributed by atoms with E-state index in [1.165, 1.54) is 16.7 Å². The van der Waals surface area contributed by atoms with Crippen LogP contribution in [0, 0.1) is 0 Å². The SMILES string of the molecule is CCCOc1ccc(C2=C(SCCO)C(=O)N(c3ccc(C(C)C)cc3)C2=O)cc1. The van der Waals surface area contributed by atoms with E-state index in [1.54, 1.807) is 12.1 Å². The topological polar surface area (TPSA) is 66.8 Å². The Labute approximate surface area is 181 Å². The summed E-state index contributed by atoms with van der Waals surface area (Å²) in [5, 5.41) is 9.25. The number of anilines is 1. The Morgan fingerprint density at radius 1 is 1.00 bits per heavy atom. The van der Waals surface area contributed by atoms with Gasteiger partial charge in [-0.2, -0.15) is 0 Å². The van der Waals surface area contributed by atoms with Crippen molar-refractivity contribution in [3.05, 3.63) is 64.6 Å². The van der Waals surface area contributed by atoms with E-state index in [9.17, 15) is 14.7 Å². The molecule has 1 aliphatic rings. The molecular weight excluding hydrogens is 398 g/mol. The van der Waals surface area contributed by atoms with Gasteiger partial charge in [-0.15, -0.1) is 11.8 Å². The lowest BCUT2D eigenvalue weighted by Gasteiger charge is -2.16. The maximum absolute atomic E-state index is 13.3. The van der Waals surface area contributed by atoms with Crippen LogP contribution in [0.4, 0.5) is 5.69 Å². The summed E-state index contributed by atoms with van der Waals surface area (Å²) >= 11 is 1.21. The average molecular weight is 426 g/mol. The fourth-order valence-electron chi connectivity index (χ4n) is 3.23. The first kappa shape index (κ1) is 22.1. The number of carbonyl (C=O) groups excluding carboxylic acids is 2. The average Bonchev–Trinajstić information content (AvgIpc) is 3.00. The summed E-state index contributed by atoms with van der Waals surface area (Å²) in [4.78, 5) is 28.0. The van der Waals surface area contributed by atoms with Crippen LogP contribution in [-0.2, 0) is 9.59 Å². The summed E-state index contributed by atoms with van der Waals surface area (Å²) in [6.45, 7) is 6.78. The van der Waals surface area contributed by atoms with Crippen LogP contribution >= 0.6 is 11.8 Å². The Bertz CT molecular complexity index is 933. The molecule has 2 amide bonds. The number of nitrogens with zero attached hydrogens (tertiary/aromatic N) is 1. The molecule has 1 aliphatic heterocycles. The van der Waals surface area contributed by atoms with E-state index in [0.717, 1.165) is 17.7 Å². The zero-order valence-corrected chi connectivity index (χ0v) is 18.4. The van der Waals surface area contributed by atoms with E-state index in [-0.39, 0.29) is 18.4 Å². The van der Waals surface area contributed by atoms with E-state index >= 15 is 0 Å². The Morgan fingerprint density at radius 3 is 2.23 bits per heavy atom. The van der Waals surface area contributed by atoms with E-state index < -0.39 is 0 Å². The highest BCUT2D eigenvalue weighted by molar-refractivity contribution is 8.04. The van der Waals surface area contributed by atoms with Gasteiger partial charge in [-0.25, -0.2) is 4.90 Å². The molecule has 0 radical (unpaired) electrons. The number of ether oxygens (including phenoxy) is 1. The molecule has 0 unspecified atom stereocenters. The van der Waals surface area contributed by atoms with Crippen molar-refractivity contribution in [2.24, 2.45) is 0 Å². The molecule has 0 fully saturated rings. The van der Waals surface area contributed by atoms with Gasteiger partial charge in [0.1, 0.15) is 5.75 Å². The van der Waals surface area contributed by atoms with Crippen molar-refractivity contribution < 1.29 is 19.4 Å². The zero-order chi connectivity index (χ0) is 21.7. The molecular formula is C24H27NO4S. The van der Waals surface area contributed by atoms with Crippen LogP contribution in [-0.4, -0.2) is 35.9 Å². The lowest BCUT2D eigenvalue weighted by molar-refractivity contribution is -0.119. The maximum atomic E-state index is 13.3. The van der Waals surface area contributed by atoms with Gasteiger partial charge in [0, 0.05) is 5.75 Å². The molecule has 2 aromatic carbocycles. The quantitative estimate of drug-likeness (QED) is 0.595. The number of aliphatic hydroxyl groups is 1. The highest BCUT2D eigenvalue weighted by atomic mass is 32.2. The number of hydrogen-bond donors (Lipinski definition) is 1. The first-order valence-corrected chi connectivity index (χ1v) is 11.2. The van der Waals surface area contributed by atoms with E-state index in [4.69, 9.17) is 4.74 Å². The smallest absolute Gasteiger partial charge is 0.272 e. The minimum absolute atomic E-state index is 0.0736. The molecule has 1 N–H and O–H groups in total. The lowest BCUT2D eigenvalue weighted by atomic mass is 10.0. The van der Waals surface area contributed by atoms with Gasteiger partial charge in [-0.1, -0.05) is 45.0 Å². The third-order valence-electron chi connectivity index (χ3n) is 4.81. The van der Waals surface area contributed by atoms with Crippen molar-refractivity contribution in [2.45, 2.75) is 33.1 Å². The van der Waals surface area contributed by atoms with E-state index in [2.05, 4.69) is 13.8 Å². The van der Waals surface area contributed by atoms with Gasteiger partial charge >= 0.3 is 0 Å².